The minimum absolute atomic E-state index is 0.363. The second-order valence-corrected chi connectivity index (χ2v) is 18.1. The summed E-state index contributed by atoms with van der Waals surface area (Å²) < 4.78 is 20.6. The number of esters is 1. The van der Waals surface area contributed by atoms with Crippen molar-refractivity contribution in [2.45, 2.75) is 32.4 Å². The van der Waals surface area contributed by atoms with Crippen LogP contribution in [0.15, 0.2) is 133 Å². The van der Waals surface area contributed by atoms with Crippen molar-refractivity contribution in [3.63, 3.8) is 0 Å². The van der Waals surface area contributed by atoms with Gasteiger partial charge in [0.1, 0.15) is 5.22 Å². The van der Waals surface area contributed by atoms with Crippen LogP contribution in [0.1, 0.15) is 27.2 Å². The van der Waals surface area contributed by atoms with E-state index in [2.05, 4.69) is 55.1 Å². The van der Waals surface area contributed by atoms with Gasteiger partial charge in [-0.2, -0.15) is 0 Å². The largest absolute Gasteiger partial charge is 0.454 e. The Bertz CT molecular complexity index is 1170. The van der Waals surface area contributed by atoms with Gasteiger partial charge in [0, 0.05) is 5.57 Å². The van der Waals surface area contributed by atoms with E-state index in [1.54, 1.807) is 6.92 Å². The Morgan fingerprint density at radius 3 is 1.23 bits per heavy atom. The van der Waals surface area contributed by atoms with Crippen molar-refractivity contribution in [3.05, 3.63) is 133 Å². The van der Waals surface area contributed by atoms with Gasteiger partial charge in [0.15, 0.2) is 0 Å². The van der Waals surface area contributed by atoms with Gasteiger partial charge in [-0.05, 0) is 41.0 Å². The zero-order valence-corrected chi connectivity index (χ0v) is 26.3. The number of benzene rings is 4. The summed E-state index contributed by atoms with van der Waals surface area (Å²) in [6.45, 7) is 9.49. The second-order valence-electron chi connectivity index (χ2n) is 9.84. The van der Waals surface area contributed by atoms with Crippen LogP contribution in [0.4, 0.5) is 0 Å². The van der Waals surface area contributed by atoms with Crippen LogP contribution in [0.2, 0.25) is 0 Å². The third kappa shape index (κ3) is 7.41. The third-order valence-corrected chi connectivity index (χ3v) is 16.4. The lowest BCUT2D eigenvalue weighted by molar-refractivity contribution is -0.148. The van der Waals surface area contributed by atoms with Gasteiger partial charge < -0.3 is 13.0 Å². The van der Waals surface area contributed by atoms with Gasteiger partial charge in [0.2, 0.25) is 18.1 Å². The molecule has 0 aliphatic carbocycles. The fourth-order valence-corrected chi connectivity index (χ4v) is 15.6. The lowest BCUT2D eigenvalue weighted by Gasteiger charge is -2.38. The molecule has 0 bridgehead atoms. The summed E-state index contributed by atoms with van der Waals surface area (Å²) in [6, 6.07) is 41.5. The van der Waals surface area contributed by atoms with E-state index in [9.17, 15) is 4.79 Å². The Balaban J connectivity index is 1.81. The first-order chi connectivity index (χ1) is 18.9. The molecular formula is C32H36O4Si3. The van der Waals surface area contributed by atoms with Crippen LogP contribution in [0.5, 0.6) is 0 Å². The number of rotatable bonds is 12. The van der Waals surface area contributed by atoms with Crippen molar-refractivity contribution < 1.29 is 17.8 Å². The van der Waals surface area contributed by atoms with Crippen LogP contribution < -0.4 is 20.7 Å². The monoisotopic (exact) mass is 568 g/mol. The van der Waals surface area contributed by atoms with E-state index in [0.29, 0.717) is 12.0 Å². The highest BCUT2D eigenvalue weighted by Gasteiger charge is 2.45. The maximum atomic E-state index is 12.9. The molecule has 39 heavy (non-hydrogen) atoms. The molecule has 0 aliphatic heterocycles. The normalized spacial score (nSPS) is 12.9. The molecule has 4 rings (SSSR count). The molecule has 1 atom stereocenters. The minimum Gasteiger partial charge on any atom is -0.454 e. The lowest BCUT2D eigenvalue weighted by atomic mass is 10.3. The number of carbonyl (C=O) groups is 1. The van der Waals surface area contributed by atoms with Crippen LogP contribution in [-0.4, -0.2) is 38.6 Å². The Labute approximate surface area is 237 Å². The molecule has 4 aromatic carbocycles. The van der Waals surface area contributed by atoms with Crippen molar-refractivity contribution in [2.24, 2.45) is 0 Å². The van der Waals surface area contributed by atoms with Gasteiger partial charge in [-0.25, -0.2) is 4.79 Å². The first kappa shape index (κ1) is 28.7. The molecule has 7 heteroatoms. The summed E-state index contributed by atoms with van der Waals surface area (Å²) in [5, 5.41) is 3.73. The van der Waals surface area contributed by atoms with Crippen LogP contribution >= 0.6 is 0 Å². The average Bonchev–Trinajstić information content (AvgIpc) is 2.99. The number of hydrogen-bond donors (Lipinski definition) is 0. The van der Waals surface area contributed by atoms with E-state index >= 15 is 0 Å². The molecule has 1 unspecified atom stereocenters. The fourth-order valence-electron chi connectivity index (χ4n) is 4.36. The molecule has 0 aromatic heterocycles. The molecule has 4 aromatic rings. The van der Waals surface area contributed by atoms with E-state index in [1.807, 2.05) is 86.6 Å². The van der Waals surface area contributed by atoms with Crippen LogP contribution in [0.3, 0.4) is 0 Å². The number of hydrogen-bond acceptors (Lipinski definition) is 4. The molecule has 0 saturated heterocycles. The van der Waals surface area contributed by atoms with Crippen molar-refractivity contribution in [3.8, 4) is 0 Å². The molecule has 0 fully saturated rings. The molecule has 4 nitrogen and oxygen atoms in total. The zero-order chi connectivity index (χ0) is 27.7. The Kier molecular flexibility index (Phi) is 10.0. The Hall–Kier alpha value is -3.34. The van der Waals surface area contributed by atoms with Gasteiger partial charge in [0.05, 0.1) is 0 Å². The predicted molar refractivity (Wildman–Crippen MR) is 168 cm³/mol. The quantitative estimate of drug-likeness (QED) is 0.150. The van der Waals surface area contributed by atoms with E-state index in [-0.39, 0.29) is 0 Å². The maximum absolute atomic E-state index is 12.9. The van der Waals surface area contributed by atoms with Gasteiger partial charge >= 0.3 is 15.3 Å². The van der Waals surface area contributed by atoms with Crippen LogP contribution in [-0.2, 0) is 17.8 Å². The van der Waals surface area contributed by atoms with Crippen LogP contribution in [0.25, 0.3) is 0 Å². The highest BCUT2D eigenvalue weighted by Crippen LogP contribution is 2.24. The van der Waals surface area contributed by atoms with E-state index in [4.69, 9.17) is 13.0 Å². The Morgan fingerprint density at radius 2 is 0.974 bits per heavy atom. The minimum atomic E-state index is -2.72. The van der Waals surface area contributed by atoms with Gasteiger partial charge in [0.25, 0.3) is 0 Å². The number of ether oxygens (including phenoxy) is 1. The highest BCUT2D eigenvalue weighted by molar-refractivity contribution is 6.88. The van der Waals surface area contributed by atoms with Crippen molar-refractivity contribution in [1.29, 1.82) is 0 Å². The first-order valence-electron chi connectivity index (χ1n) is 13.3. The van der Waals surface area contributed by atoms with Gasteiger partial charge in [-0.3, -0.25) is 0 Å². The molecule has 200 valence electrons. The molecule has 0 aliphatic rings. The average molecular weight is 569 g/mol. The highest BCUT2D eigenvalue weighted by atomic mass is 28.4. The molecule has 0 radical (unpaired) electrons. The van der Waals surface area contributed by atoms with E-state index in [1.165, 1.54) is 0 Å². The zero-order valence-electron chi connectivity index (χ0n) is 22.8. The molecule has 0 saturated carbocycles. The lowest BCUT2D eigenvalue weighted by Crippen LogP contribution is -2.62. The van der Waals surface area contributed by atoms with E-state index in [0.717, 1.165) is 20.7 Å². The van der Waals surface area contributed by atoms with Crippen molar-refractivity contribution in [2.75, 3.05) is 0 Å². The summed E-state index contributed by atoms with van der Waals surface area (Å²) >= 11 is 0. The summed E-state index contributed by atoms with van der Waals surface area (Å²) in [4.78, 5) is 12.9. The van der Waals surface area contributed by atoms with Crippen LogP contribution in [0, 0.1) is 0 Å². The smallest absolute Gasteiger partial charge is 0.346 e. The summed E-state index contributed by atoms with van der Waals surface area (Å²) in [5.41, 5.74) is 0.363. The molecule has 0 heterocycles. The molecule has 0 spiro atoms. The summed E-state index contributed by atoms with van der Waals surface area (Å²) in [7, 11) is -7.10. The number of carbonyl (C=O) groups excluding carboxylic acids is 1. The second kappa shape index (κ2) is 13.6. The molecule has 0 amide bonds. The van der Waals surface area contributed by atoms with Gasteiger partial charge in [-0.1, -0.05) is 135 Å². The Morgan fingerprint density at radius 1 is 0.667 bits per heavy atom. The fraction of sp³-hybridized carbons (Fsp3) is 0.156. The van der Waals surface area contributed by atoms with Crippen molar-refractivity contribution >= 4 is 54.1 Å². The standard InChI is InChI=1S/C32H36O4Si3/c1-5-32(4,34-31(33)26(2)3)39(35-37(27-18-10-6-11-19-27)28-20-12-7-13-21-28)36-38(29-22-14-8-15-23-29)30-24-16-9-17-25-30/h6-25,37-39H,2,5H2,1,3-4H3. The topological polar surface area (TPSA) is 44.8 Å². The molecular weight excluding hydrogens is 533 g/mol. The SMILES string of the molecule is C=C(C)C(=O)OC(C)(CC)[SiH](O[SiH](c1ccccc1)c1ccccc1)O[SiH](c1ccccc1)c1ccccc1. The van der Waals surface area contributed by atoms with Gasteiger partial charge in [-0.15, -0.1) is 0 Å². The summed E-state index contributed by atoms with van der Waals surface area (Å²) in [5.74, 6) is -0.417. The maximum Gasteiger partial charge on any atom is 0.346 e. The summed E-state index contributed by atoms with van der Waals surface area (Å²) in [6.07, 6.45) is 0.568. The third-order valence-electron chi connectivity index (χ3n) is 6.80. The predicted octanol–water partition coefficient (Wildman–Crippen LogP) is 3.14. The van der Waals surface area contributed by atoms with Crippen molar-refractivity contribution in [1.82, 2.24) is 0 Å². The molecule has 0 N–H and O–H groups in total. The van der Waals surface area contributed by atoms with E-state index < -0.39 is 38.6 Å². The first-order valence-corrected chi connectivity index (χ1v) is 18.1.